The molecule has 7 heteroatoms. The van der Waals surface area contributed by atoms with E-state index in [4.69, 9.17) is 0 Å². The maximum atomic E-state index is 11.7. The van der Waals surface area contributed by atoms with Gasteiger partial charge in [0, 0.05) is 25.4 Å². The monoisotopic (exact) mass is 449 g/mol. The molecule has 0 saturated carbocycles. The second-order valence-corrected chi connectivity index (χ2v) is 7.35. The fraction of sp³-hybridized carbons (Fsp3) is 0.222. The van der Waals surface area contributed by atoms with Crippen molar-refractivity contribution in [2.45, 2.75) is 12.6 Å². The van der Waals surface area contributed by atoms with Crippen molar-refractivity contribution < 1.29 is 14.7 Å². The van der Waals surface area contributed by atoms with Crippen LogP contribution in [0.5, 0.6) is 0 Å². The summed E-state index contributed by atoms with van der Waals surface area (Å²) >= 11 is 2.29. The molecule has 0 spiro atoms. The predicted molar refractivity (Wildman–Crippen MR) is 103 cm³/mol. The van der Waals surface area contributed by atoms with Crippen molar-refractivity contribution in [1.29, 1.82) is 0 Å². The van der Waals surface area contributed by atoms with E-state index in [2.05, 4.69) is 40.0 Å². The van der Waals surface area contributed by atoms with Gasteiger partial charge in [-0.15, -0.1) is 0 Å². The van der Waals surface area contributed by atoms with Gasteiger partial charge in [-0.3, -0.25) is 9.69 Å². The number of benzene rings is 2. The topological polar surface area (TPSA) is 74.6 Å². The number of rotatable bonds is 4. The molecule has 1 unspecified atom stereocenters. The van der Waals surface area contributed by atoms with E-state index >= 15 is 0 Å². The van der Waals surface area contributed by atoms with Gasteiger partial charge in [0.1, 0.15) is 0 Å². The van der Waals surface area contributed by atoms with Crippen LogP contribution in [0.3, 0.4) is 0 Å². The van der Waals surface area contributed by atoms with Gasteiger partial charge in [0.2, 0.25) is 5.91 Å². The van der Waals surface area contributed by atoms with Crippen molar-refractivity contribution >= 4 is 56.3 Å². The highest BCUT2D eigenvalue weighted by Crippen LogP contribution is 2.30. The molecule has 1 aromatic heterocycles. The molecule has 1 aliphatic heterocycles. The van der Waals surface area contributed by atoms with E-state index in [1.54, 1.807) is 0 Å². The van der Waals surface area contributed by atoms with Crippen LogP contribution in [-0.2, 0) is 11.3 Å². The molecular formula is C18H16IN3O3. The summed E-state index contributed by atoms with van der Waals surface area (Å²) in [6.45, 7) is 0.296. The average molecular weight is 449 g/mol. The number of nitrogens with one attached hydrogen (secondary N) is 1. The molecule has 2 aromatic carbocycles. The first-order valence-corrected chi connectivity index (χ1v) is 9.05. The Balaban J connectivity index is 1.70. The van der Waals surface area contributed by atoms with Crippen LogP contribution in [0.4, 0.5) is 4.79 Å². The molecule has 3 amide bonds. The summed E-state index contributed by atoms with van der Waals surface area (Å²) in [7, 11) is 0. The van der Waals surface area contributed by atoms with E-state index in [-0.39, 0.29) is 19.0 Å². The number of amides is 3. The fourth-order valence-electron chi connectivity index (χ4n) is 3.34. The van der Waals surface area contributed by atoms with Crippen LogP contribution < -0.4 is 5.32 Å². The summed E-state index contributed by atoms with van der Waals surface area (Å²) in [4.78, 5) is 24.4. The highest BCUT2D eigenvalue weighted by molar-refractivity contribution is 14.1. The van der Waals surface area contributed by atoms with Crippen molar-refractivity contribution in [2.75, 3.05) is 13.1 Å². The highest BCUT2D eigenvalue weighted by atomic mass is 127. The fourth-order valence-corrected chi connectivity index (χ4v) is 3.83. The van der Waals surface area contributed by atoms with Crippen LogP contribution in [0.15, 0.2) is 42.5 Å². The highest BCUT2D eigenvalue weighted by Gasteiger charge is 2.30. The maximum absolute atomic E-state index is 11.7. The normalized spacial score (nSPS) is 16.0. The van der Waals surface area contributed by atoms with Gasteiger partial charge in [-0.2, -0.15) is 0 Å². The van der Waals surface area contributed by atoms with E-state index in [0.29, 0.717) is 6.54 Å². The number of para-hydroxylation sites is 1. The number of nitrogens with zero attached hydrogens (tertiary/aromatic N) is 2. The number of urea groups is 1. The lowest BCUT2D eigenvalue weighted by molar-refractivity contribution is -0.126. The van der Waals surface area contributed by atoms with Gasteiger partial charge in [0.15, 0.2) is 0 Å². The van der Waals surface area contributed by atoms with Gasteiger partial charge in [0.25, 0.3) is 0 Å². The van der Waals surface area contributed by atoms with Crippen molar-refractivity contribution in [3.05, 3.63) is 46.0 Å². The Morgan fingerprint density at radius 1 is 1.08 bits per heavy atom. The lowest BCUT2D eigenvalue weighted by Gasteiger charge is -2.19. The second-order valence-electron chi connectivity index (χ2n) is 6.11. The summed E-state index contributed by atoms with van der Waals surface area (Å²) in [5.41, 5.74) is 2.05. The minimum absolute atomic E-state index is 0.000624. The number of carbonyl (C=O) groups excluding carboxylic acids is 2. The largest absolute Gasteiger partial charge is 0.389 e. The van der Waals surface area contributed by atoms with E-state index in [1.807, 2.05) is 34.9 Å². The quantitative estimate of drug-likeness (QED) is 0.475. The Labute approximate surface area is 157 Å². The van der Waals surface area contributed by atoms with Crippen molar-refractivity contribution in [3.8, 4) is 0 Å². The van der Waals surface area contributed by atoms with Crippen molar-refractivity contribution in [3.63, 3.8) is 0 Å². The molecule has 1 saturated heterocycles. The van der Waals surface area contributed by atoms with Crippen LogP contribution >= 0.6 is 22.6 Å². The number of aliphatic hydroxyl groups is 1. The van der Waals surface area contributed by atoms with Gasteiger partial charge >= 0.3 is 6.03 Å². The van der Waals surface area contributed by atoms with Gasteiger partial charge < -0.3 is 15.0 Å². The minimum Gasteiger partial charge on any atom is -0.389 e. The Hall–Kier alpha value is -2.13. The number of hydrogen-bond donors (Lipinski definition) is 2. The Kier molecular flexibility index (Phi) is 4.12. The Morgan fingerprint density at radius 3 is 2.60 bits per heavy atom. The van der Waals surface area contributed by atoms with Gasteiger partial charge in [-0.1, -0.05) is 18.2 Å². The number of β-amino-alcohol motifs (C(OH)–C–C–N with tert-alkyl or cyclic N) is 1. The van der Waals surface area contributed by atoms with Crippen molar-refractivity contribution in [1.82, 2.24) is 14.8 Å². The maximum Gasteiger partial charge on any atom is 0.324 e. The summed E-state index contributed by atoms with van der Waals surface area (Å²) in [5, 5.41) is 15.2. The molecule has 6 nitrogen and oxygen atoms in total. The first-order chi connectivity index (χ1) is 12.0. The van der Waals surface area contributed by atoms with Crippen LogP contribution in [-0.4, -0.2) is 45.7 Å². The molecule has 3 aromatic rings. The predicted octanol–water partition coefficient (Wildman–Crippen LogP) is 2.31. The Bertz CT molecular complexity index is 982. The third kappa shape index (κ3) is 2.87. The molecule has 0 aliphatic carbocycles. The second kappa shape index (κ2) is 6.30. The van der Waals surface area contributed by atoms with Crippen LogP contribution in [0.2, 0.25) is 0 Å². The number of aromatic nitrogens is 1. The first kappa shape index (κ1) is 16.3. The number of hydrogen-bond acceptors (Lipinski definition) is 3. The zero-order chi connectivity index (χ0) is 17.6. The molecule has 1 atom stereocenters. The standard InChI is InChI=1S/C18H16IN3O3/c19-11-5-6-16-14(7-11)13-3-1-2-4-15(13)21(16)9-12(23)10-22-17(24)8-20-18(22)25/h1-7,12,23H,8-10H2,(H,20,25). The minimum atomic E-state index is -0.842. The van der Waals surface area contributed by atoms with Crippen LogP contribution in [0, 0.1) is 3.57 Å². The summed E-state index contributed by atoms with van der Waals surface area (Å²) in [6.07, 6.45) is -0.842. The lowest BCUT2D eigenvalue weighted by Crippen LogP contribution is -2.39. The molecule has 25 heavy (non-hydrogen) atoms. The molecule has 128 valence electrons. The average Bonchev–Trinajstić information content (AvgIpc) is 3.07. The number of aliphatic hydroxyl groups excluding tert-OH is 1. The van der Waals surface area contributed by atoms with Gasteiger partial charge in [0.05, 0.1) is 25.7 Å². The summed E-state index contributed by atoms with van der Waals surface area (Å²) < 4.78 is 3.19. The lowest BCUT2D eigenvalue weighted by atomic mass is 10.2. The van der Waals surface area contributed by atoms with Gasteiger partial charge in [-0.25, -0.2) is 4.79 Å². The van der Waals surface area contributed by atoms with E-state index < -0.39 is 12.1 Å². The number of carbonyl (C=O) groups is 2. The van der Waals surface area contributed by atoms with E-state index in [0.717, 1.165) is 30.3 Å². The molecule has 4 rings (SSSR count). The zero-order valence-electron chi connectivity index (χ0n) is 13.3. The number of fused-ring (bicyclic) bond motifs is 3. The van der Waals surface area contributed by atoms with Crippen LogP contribution in [0.25, 0.3) is 21.8 Å². The van der Waals surface area contributed by atoms with E-state index in [1.165, 1.54) is 0 Å². The smallest absolute Gasteiger partial charge is 0.324 e. The molecule has 1 aliphatic rings. The molecular weight excluding hydrogens is 433 g/mol. The zero-order valence-corrected chi connectivity index (χ0v) is 15.4. The third-order valence-corrected chi connectivity index (χ3v) is 5.13. The van der Waals surface area contributed by atoms with Crippen LogP contribution in [0.1, 0.15) is 0 Å². The summed E-state index contributed by atoms with van der Waals surface area (Å²) in [5.74, 6) is -0.305. The van der Waals surface area contributed by atoms with Gasteiger partial charge in [-0.05, 0) is 46.9 Å². The Morgan fingerprint density at radius 2 is 1.84 bits per heavy atom. The van der Waals surface area contributed by atoms with Crippen molar-refractivity contribution in [2.24, 2.45) is 0 Å². The molecule has 0 radical (unpaired) electrons. The molecule has 0 bridgehead atoms. The molecule has 2 heterocycles. The third-order valence-electron chi connectivity index (χ3n) is 4.46. The first-order valence-electron chi connectivity index (χ1n) is 7.97. The molecule has 1 fully saturated rings. The number of halogens is 1. The van der Waals surface area contributed by atoms with E-state index in [9.17, 15) is 14.7 Å². The number of imide groups is 1. The summed E-state index contributed by atoms with van der Waals surface area (Å²) in [6, 6.07) is 13.8. The SMILES string of the molecule is O=C1CNC(=O)N1CC(O)Cn1c2ccccc2c2cc(I)ccc21. The molecule has 2 N–H and O–H groups in total.